The van der Waals surface area contributed by atoms with E-state index >= 15 is 0 Å². The molecule has 0 fully saturated rings. The fourth-order valence-electron chi connectivity index (χ4n) is 4.25. The van der Waals surface area contributed by atoms with Crippen LogP contribution in [-0.4, -0.2) is 73.8 Å². The van der Waals surface area contributed by atoms with E-state index in [1.807, 2.05) is 137 Å². The second-order valence-corrected chi connectivity index (χ2v) is 10.9. The number of carbonyl (C=O) groups excluding carboxylic acids is 5. The number of nitrogens with zero attached hydrogens (tertiary/aromatic N) is 1. The van der Waals surface area contributed by atoms with Gasteiger partial charge in [0.25, 0.3) is 0 Å². The van der Waals surface area contributed by atoms with Crippen molar-refractivity contribution in [2.45, 2.75) is 141 Å². The lowest BCUT2D eigenvalue weighted by Gasteiger charge is -2.23. The number of amides is 2. The summed E-state index contributed by atoms with van der Waals surface area (Å²) in [6.07, 6.45) is 0.170. The predicted molar refractivity (Wildman–Crippen MR) is 222 cm³/mol. The van der Waals surface area contributed by atoms with Crippen molar-refractivity contribution in [1.82, 2.24) is 15.5 Å². The minimum Gasteiger partial charge on any atom is -0.453 e. The first-order valence-corrected chi connectivity index (χ1v) is 19.3. The monoisotopic (exact) mass is 748 g/mol. The van der Waals surface area contributed by atoms with Gasteiger partial charge in [0, 0.05) is 24.8 Å². The van der Waals surface area contributed by atoms with Gasteiger partial charge in [-0.3, -0.25) is 19.3 Å². The van der Waals surface area contributed by atoms with E-state index in [9.17, 15) is 24.0 Å². The van der Waals surface area contributed by atoms with Crippen LogP contribution in [0.5, 0.6) is 0 Å². The Hall–Kier alpha value is -4.05. The van der Waals surface area contributed by atoms with Gasteiger partial charge in [-0.15, -0.1) is 0 Å². The van der Waals surface area contributed by atoms with Crippen LogP contribution in [0, 0.1) is 5.92 Å². The zero-order valence-electron chi connectivity index (χ0n) is 36.4. The van der Waals surface area contributed by atoms with E-state index in [0.717, 1.165) is 24.2 Å². The average molecular weight is 748 g/mol. The molecule has 0 radical (unpaired) electrons. The lowest BCUT2D eigenvalue weighted by molar-refractivity contribution is -0.122. The van der Waals surface area contributed by atoms with E-state index in [2.05, 4.69) is 38.9 Å². The third-order valence-electron chi connectivity index (χ3n) is 7.04. The van der Waals surface area contributed by atoms with Crippen LogP contribution < -0.4 is 10.6 Å². The van der Waals surface area contributed by atoms with Gasteiger partial charge in [-0.05, 0) is 51.4 Å². The van der Waals surface area contributed by atoms with Crippen molar-refractivity contribution in [3.63, 3.8) is 0 Å². The highest BCUT2D eigenvalue weighted by atomic mass is 16.5. The Balaban J connectivity index is -0.000000204. The number of rotatable bonds is 14. The molecule has 0 saturated heterocycles. The number of hydrogen-bond acceptors (Lipinski definition) is 8. The maximum Gasteiger partial charge on any atom is 0.407 e. The average Bonchev–Trinajstić information content (AvgIpc) is 3.18. The van der Waals surface area contributed by atoms with Gasteiger partial charge in [0.15, 0.2) is 0 Å². The SMILES string of the molecule is CC.CC.CC.CC.CCN(CC)C(C)C(C)=O.COC(=O)N[C@@H](CC(C)=O)Cc1ccccc1.COC(=O)N[C@H](CC(=O)C(C)C)c1ccccc1. The molecule has 10 nitrogen and oxygen atoms in total. The molecule has 0 saturated carbocycles. The first-order chi connectivity index (χ1) is 25.3. The summed E-state index contributed by atoms with van der Waals surface area (Å²) in [5.41, 5.74) is 1.98. The quantitative estimate of drug-likeness (QED) is 0.195. The normalized spacial score (nSPS) is 10.8. The number of likely N-dealkylation sites (N-methyl/N-ethyl adjacent to an activating group) is 1. The van der Waals surface area contributed by atoms with Crippen LogP contribution in [0.1, 0.15) is 134 Å². The first-order valence-electron chi connectivity index (χ1n) is 19.3. The minimum atomic E-state index is -0.527. The van der Waals surface area contributed by atoms with Gasteiger partial charge in [-0.1, -0.05) is 144 Å². The smallest absolute Gasteiger partial charge is 0.407 e. The number of nitrogens with one attached hydrogen (secondary N) is 2. The topological polar surface area (TPSA) is 131 Å². The van der Waals surface area contributed by atoms with E-state index in [1.54, 1.807) is 6.92 Å². The molecular weight excluding hydrogens is 670 g/mol. The maximum atomic E-state index is 11.8. The molecule has 306 valence electrons. The van der Waals surface area contributed by atoms with Gasteiger partial charge in [0.05, 0.1) is 26.3 Å². The van der Waals surface area contributed by atoms with Crippen molar-refractivity contribution in [3.05, 3.63) is 71.8 Å². The molecule has 0 aliphatic carbocycles. The molecule has 0 spiro atoms. The van der Waals surface area contributed by atoms with Crippen molar-refractivity contribution in [3.8, 4) is 0 Å². The highest BCUT2D eigenvalue weighted by molar-refractivity contribution is 5.82. The number of alkyl carbamates (subject to hydrolysis) is 2. The number of hydrogen-bond donors (Lipinski definition) is 2. The van der Waals surface area contributed by atoms with Crippen molar-refractivity contribution in [2.75, 3.05) is 27.3 Å². The number of ketones is 3. The summed E-state index contributed by atoms with van der Waals surface area (Å²) < 4.78 is 9.12. The molecule has 0 bridgehead atoms. The van der Waals surface area contributed by atoms with Crippen molar-refractivity contribution in [1.29, 1.82) is 0 Å². The Morgan fingerprint density at radius 1 is 0.642 bits per heavy atom. The number of carbonyl (C=O) groups is 5. The minimum absolute atomic E-state index is 0.0438. The molecule has 2 aromatic rings. The van der Waals surface area contributed by atoms with Gasteiger partial charge in [-0.25, -0.2) is 9.59 Å². The van der Waals surface area contributed by atoms with Crippen molar-refractivity contribution < 1.29 is 33.4 Å². The molecule has 2 aromatic carbocycles. The van der Waals surface area contributed by atoms with Crippen LogP contribution in [0.15, 0.2) is 60.7 Å². The van der Waals surface area contributed by atoms with Crippen LogP contribution in [0.2, 0.25) is 0 Å². The lowest BCUT2D eigenvalue weighted by Crippen LogP contribution is -2.37. The number of Topliss-reactive ketones (excluding diaryl/α,β-unsaturated/α-hetero) is 3. The number of benzene rings is 2. The van der Waals surface area contributed by atoms with Gasteiger partial charge < -0.3 is 20.1 Å². The summed E-state index contributed by atoms with van der Waals surface area (Å²) in [6, 6.07) is 18.7. The largest absolute Gasteiger partial charge is 0.453 e. The molecule has 2 rings (SSSR count). The molecule has 10 heteroatoms. The van der Waals surface area contributed by atoms with Gasteiger partial charge in [-0.2, -0.15) is 0 Å². The molecule has 0 aliphatic heterocycles. The maximum absolute atomic E-state index is 11.8. The van der Waals surface area contributed by atoms with Crippen molar-refractivity contribution in [2.24, 2.45) is 5.92 Å². The summed E-state index contributed by atoms with van der Waals surface area (Å²) in [7, 11) is 2.62. The lowest BCUT2D eigenvalue weighted by atomic mass is 9.96. The Morgan fingerprint density at radius 2 is 1.06 bits per heavy atom. The Labute approximate surface area is 324 Å². The summed E-state index contributed by atoms with van der Waals surface area (Å²) in [5.74, 6) is 0.363. The fraction of sp³-hybridized carbons (Fsp3) is 0.605. The summed E-state index contributed by atoms with van der Waals surface area (Å²) in [6.45, 7) is 30.9. The molecule has 1 unspecified atom stereocenters. The van der Waals surface area contributed by atoms with E-state index in [4.69, 9.17) is 0 Å². The molecule has 3 atom stereocenters. The summed E-state index contributed by atoms with van der Waals surface area (Å²) in [4.78, 5) is 58.4. The summed E-state index contributed by atoms with van der Waals surface area (Å²) >= 11 is 0. The van der Waals surface area contributed by atoms with Crippen LogP contribution >= 0.6 is 0 Å². The second-order valence-electron chi connectivity index (χ2n) is 10.9. The highest BCUT2D eigenvalue weighted by Crippen LogP contribution is 2.19. The molecule has 2 amide bonds. The molecule has 2 N–H and O–H groups in total. The Kier molecular flexibility index (Phi) is 44.8. The molecule has 0 aromatic heterocycles. The van der Waals surface area contributed by atoms with E-state index in [0.29, 0.717) is 12.8 Å². The molecule has 0 aliphatic rings. The van der Waals surface area contributed by atoms with E-state index in [-0.39, 0.29) is 47.8 Å². The Morgan fingerprint density at radius 3 is 1.40 bits per heavy atom. The zero-order valence-corrected chi connectivity index (χ0v) is 36.4. The van der Waals surface area contributed by atoms with E-state index < -0.39 is 12.2 Å². The molecule has 53 heavy (non-hydrogen) atoms. The van der Waals surface area contributed by atoms with Crippen LogP contribution in [0.3, 0.4) is 0 Å². The second kappa shape index (κ2) is 40.7. The molecule has 0 heterocycles. The van der Waals surface area contributed by atoms with E-state index in [1.165, 1.54) is 21.1 Å². The van der Waals surface area contributed by atoms with Crippen molar-refractivity contribution >= 4 is 29.5 Å². The number of ether oxygens (including phenoxy) is 2. The Bertz CT molecular complexity index is 1150. The standard InChI is InChI=1S/C14H19NO3.C13H17NO3.C8H17NO.4C2H6/c1-10(2)13(16)9-12(15-14(17)18-3)11-7-5-4-6-8-11;1-10(15)8-12(14-13(16)17-2)9-11-6-4-3-5-7-11;1-5-9(6-2)7(3)8(4)10;4*1-2/h4-8,10,12H,9H2,1-3H3,(H,15,17);3-7,12H,8-9H2,1-2H3,(H,14,16);7H,5-6H2,1-4H3;4*1-2H3/t2*12-;;;;;/m10...../s1. The van der Waals surface area contributed by atoms with Crippen LogP contribution in [0.4, 0.5) is 9.59 Å². The fourth-order valence-corrected chi connectivity index (χ4v) is 4.25. The van der Waals surface area contributed by atoms with Crippen LogP contribution in [-0.2, 0) is 30.3 Å². The summed E-state index contributed by atoms with van der Waals surface area (Å²) in [5, 5.41) is 5.35. The van der Waals surface area contributed by atoms with Gasteiger partial charge in [0.1, 0.15) is 17.3 Å². The van der Waals surface area contributed by atoms with Gasteiger partial charge in [0.2, 0.25) is 0 Å². The highest BCUT2D eigenvalue weighted by Gasteiger charge is 2.20. The predicted octanol–water partition coefficient (Wildman–Crippen LogP) is 10.0. The third-order valence-corrected chi connectivity index (χ3v) is 7.04. The zero-order chi connectivity index (χ0) is 42.4. The molecular formula is C43H77N3O7. The third kappa shape index (κ3) is 32.3. The van der Waals surface area contributed by atoms with Gasteiger partial charge >= 0.3 is 12.2 Å². The van der Waals surface area contributed by atoms with Crippen LogP contribution in [0.25, 0.3) is 0 Å². The number of methoxy groups -OCH3 is 2. The first kappa shape index (κ1) is 58.3.